The molecule has 14 heavy (non-hydrogen) atoms. The van der Waals surface area contributed by atoms with E-state index >= 15 is 0 Å². The van der Waals surface area contributed by atoms with Crippen molar-refractivity contribution in [2.24, 2.45) is 0 Å². The van der Waals surface area contributed by atoms with Gasteiger partial charge in [0.05, 0.1) is 6.54 Å². The molecule has 1 amide bonds. The van der Waals surface area contributed by atoms with E-state index < -0.39 is 0 Å². The van der Waals surface area contributed by atoms with Gasteiger partial charge in [-0.3, -0.25) is 10.1 Å². The van der Waals surface area contributed by atoms with Gasteiger partial charge in [-0.2, -0.15) is 0 Å². The van der Waals surface area contributed by atoms with Gasteiger partial charge in [0.25, 0.3) is 0 Å². The van der Waals surface area contributed by atoms with Gasteiger partial charge in [-0.25, -0.2) is 4.39 Å². The summed E-state index contributed by atoms with van der Waals surface area (Å²) in [4.78, 5) is 11.0. The van der Waals surface area contributed by atoms with Gasteiger partial charge in [0.1, 0.15) is 12.0 Å². The van der Waals surface area contributed by atoms with Crippen LogP contribution >= 0.6 is 0 Å². The van der Waals surface area contributed by atoms with E-state index in [9.17, 15) is 9.18 Å². The number of hydrogen-bond acceptors (Lipinski definition) is 2. The summed E-state index contributed by atoms with van der Waals surface area (Å²) < 4.78 is 13.0. The van der Waals surface area contributed by atoms with Gasteiger partial charge in [0.2, 0.25) is 5.91 Å². The Morgan fingerprint density at radius 2 is 2.29 bits per heavy atom. The van der Waals surface area contributed by atoms with E-state index in [1.807, 2.05) is 6.92 Å². The molecule has 0 saturated carbocycles. The summed E-state index contributed by atoms with van der Waals surface area (Å²) in [6, 6.07) is 4.56. The highest BCUT2D eigenvalue weighted by atomic mass is 19.1. The lowest BCUT2D eigenvalue weighted by Crippen LogP contribution is -2.23. The fourth-order valence-electron chi connectivity index (χ4n) is 1.57. The predicted molar refractivity (Wildman–Crippen MR) is 50.0 cm³/mol. The Balaban J connectivity index is 2.31. The van der Waals surface area contributed by atoms with Crippen molar-refractivity contribution in [1.82, 2.24) is 10.6 Å². The van der Waals surface area contributed by atoms with Crippen LogP contribution in [0.2, 0.25) is 0 Å². The van der Waals surface area contributed by atoms with Gasteiger partial charge in [-0.1, -0.05) is 6.07 Å². The van der Waals surface area contributed by atoms with Crippen molar-refractivity contribution >= 4 is 5.91 Å². The van der Waals surface area contributed by atoms with Gasteiger partial charge >= 0.3 is 0 Å². The van der Waals surface area contributed by atoms with E-state index in [4.69, 9.17) is 0 Å². The largest absolute Gasteiger partial charge is 0.336 e. The first kappa shape index (κ1) is 9.15. The number of carbonyl (C=O) groups excluding carboxylic acids is 1. The summed E-state index contributed by atoms with van der Waals surface area (Å²) in [7, 11) is 0. The predicted octanol–water partition coefficient (Wildman–Crippen LogP) is 0.852. The summed E-state index contributed by atoms with van der Waals surface area (Å²) in [6.45, 7) is 2.18. The number of benzene rings is 1. The summed E-state index contributed by atoms with van der Waals surface area (Å²) in [5.41, 5.74) is 1.75. The fraction of sp³-hybridized carbons (Fsp3) is 0.300. The van der Waals surface area contributed by atoms with E-state index in [1.165, 1.54) is 12.1 Å². The van der Waals surface area contributed by atoms with Crippen LogP contribution in [0.1, 0.15) is 17.3 Å². The maximum Gasteiger partial charge on any atom is 0.235 e. The summed E-state index contributed by atoms with van der Waals surface area (Å²) in [6.07, 6.45) is -0.252. The van der Waals surface area contributed by atoms with Gasteiger partial charge in [-0.05, 0) is 30.2 Å². The topological polar surface area (TPSA) is 41.1 Å². The molecule has 4 heteroatoms. The van der Waals surface area contributed by atoms with Crippen LogP contribution in [0.5, 0.6) is 0 Å². The first-order valence-corrected chi connectivity index (χ1v) is 4.45. The van der Waals surface area contributed by atoms with Crippen LogP contribution in [-0.2, 0) is 4.79 Å². The highest BCUT2D eigenvalue weighted by Gasteiger charge is 2.22. The number of carbonyl (C=O) groups is 1. The Labute approximate surface area is 81.3 Å². The average Bonchev–Trinajstić information content (AvgIpc) is 2.56. The molecule has 0 aliphatic carbocycles. The molecule has 0 spiro atoms. The molecule has 1 heterocycles. The quantitative estimate of drug-likeness (QED) is 0.696. The van der Waals surface area contributed by atoms with E-state index in [0.717, 1.165) is 11.1 Å². The highest BCUT2D eigenvalue weighted by Crippen LogP contribution is 2.18. The monoisotopic (exact) mass is 194 g/mol. The van der Waals surface area contributed by atoms with Gasteiger partial charge in [0, 0.05) is 0 Å². The molecule has 1 unspecified atom stereocenters. The van der Waals surface area contributed by atoms with Crippen LogP contribution in [-0.4, -0.2) is 12.5 Å². The lowest BCUT2D eigenvalue weighted by molar-refractivity contribution is -0.118. The second-order valence-corrected chi connectivity index (χ2v) is 3.38. The molecular formula is C10H11FN2O. The zero-order chi connectivity index (χ0) is 10.1. The van der Waals surface area contributed by atoms with Crippen LogP contribution in [0.3, 0.4) is 0 Å². The third-order valence-corrected chi connectivity index (χ3v) is 2.32. The first-order chi connectivity index (χ1) is 6.66. The molecule has 1 aliphatic heterocycles. The Morgan fingerprint density at radius 3 is 2.93 bits per heavy atom. The van der Waals surface area contributed by atoms with Crippen molar-refractivity contribution in [1.29, 1.82) is 0 Å². The third-order valence-electron chi connectivity index (χ3n) is 2.32. The number of amides is 1. The van der Waals surface area contributed by atoms with Crippen molar-refractivity contribution in [3.05, 3.63) is 35.1 Å². The van der Waals surface area contributed by atoms with Crippen molar-refractivity contribution in [2.45, 2.75) is 13.1 Å². The summed E-state index contributed by atoms with van der Waals surface area (Å²) >= 11 is 0. The maximum atomic E-state index is 13.0. The molecule has 1 aliphatic rings. The SMILES string of the molecule is Cc1ccc(F)cc1C1NCC(=O)N1. The zero-order valence-corrected chi connectivity index (χ0v) is 7.80. The molecule has 0 aromatic heterocycles. The number of hydrogen-bond donors (Lipinski definition) is 2. The van der Waals surface area contributed by atoms with Gasteiger partial charge < -0.3 is 5.32 Å². The lowest BCUT2D eigenvalue weighted by atomic mass is 10.1. The molecule has 1 aromatic carbocycles. The number of halogens is 1. The third kappa shape index (κ3) is 1.61. The molecule has 3 nitrogen and oxygen atoms in total. The lowest BCUT2D eigenvalue weighted by Gasteiger charge is -2.13. The van der Waals surface area contributed by atoms with Crippen molar-refractivity contribution in [2.75, 3.05) is 6.54 Å². The van der Waals surface area contributed by atoms with Gasteiger partial charge in [-0.15, -0.1) is 0 Å². The first-order valence-electron chi connectivity index (χ1n) is 4.45. The summed E-state index contributed by atoms with van der Waals surface area (Å²) in [5.74, 6) is -0.341. The molecule has 0 radical (unpaired) electrons. The normalized spacial score (nSPS) is 21.0. The minimum absolute atomic E-state index is 0.0568. The molecule has 1 fully saturated rings. The molecular weight excluding hydrogens is 183 g/mol. The number of rotatable bonds is 1. The molecule has 74 valence electrons. The van der Waals surface area contributed by atoms with Crippen LogP contribution < -0.4 is 10.6 Å². The fourth-order valence-corrected chi connectivity index (χ4v) is 1.57. The Hall–Kier alpha value is -1.42. The molecule has 1 atom stereocenters. The van der Waals surface area contributed by atoms with Crippen LogP contribution in [0.4, 0.5) is 4.39 Å². The molecule has 2 rings (SSSR count). The maximum absolute atomic E-state index is 13.0. The summed E-state index contributed by atoms with van der Waals surface area (Å²) in [5, 5.41) is 5.68. The minimum Gasteiger partial charge on any atom is -0.336 e. The molecule has 2 N–H and O–H groups in total. The van der Waals surface area contributed by atoms with E-state index in [1.54, 1.807) is 6.07 Å². The minimum atomic E-state index is -0.284. The highest BCUT2D eigenvalue weighted by molar-refractivity contribution is 5.80. The van der Waals surface area contributed by atoms with Crippen LogP contribution in [0, 0.1) is 12.7 Å². The average molecular weight is 194 g/mol. The smallest absolute Gasteiger partial charge is 0.235 e. The second-order valence-electron chi connectivity index (χ2n) is 3.38. The Kier molecular flexibility index (Phi) is 2.21. The van der Waals surface area contributed by atoms with Crippen LogP contribution in [0.25, 0.3) is 0 Å². The van der Waals surface area contributed by atoms with E-state index in [0.29, 0.717) is 6.54 Å². The van der Waals surface area contributed by atoms with Crippen LogP contribution in [0.15, 0.2) is 18.2 Å². The Morgan fingerprint density at radius 1 is 1.50 bits per heavy atom. The van der Waals surface area contributed by atoms with Crippen molar-refractivity contribution in [3.63, 3.8) is 0 Å². The Bertz CT molecular complexity index is 378. The standard InChI is InChI=1S/C10H11FN2O/c1-6-2-3-7(11)4-8(6)10-12-5-9(14)13-10/h2-4,10,12H,5H2,1H3,(H,13,14). The number of aryl methyl sites for hydroxylation is 1. The zero-order valence-electron chi connectivity index (χ0n) is 7.80. The molecule has 1 aromatic rings. The van der Waals surface area contributed by atoms with Crippen molar-refractivity contribution in [3.8, 4) is 0 Å². The van der Waals surface area contributed by atoms with E-state index in [2.05, 4.69) is 10.6 Å². The molecule has 1 saturated heterocycles. The number of nitrogens with one attached hydrogen (secondary N) is 2. The van der Waals surface area contributed by atoms with Crippen molar-refractivity contribution < 1.29 is 9.18 Å². The van der Waals surface area contributed by atoms with Gasteiger partial charge in [0.15, 0.2) is 0 Å². The van der Waals surface area contributed by atoms with E-state index in [-0.39, 0.29) is 17.9 Å². The molecule has 0 bridgehead atoms. The second kappa shape index (κ2) is 3.38.